The first-order valence-corrected chi connectivity index (χ1v) is 6.70. The summed E-state index contributed by atoms with van der Waals surface area (Å²) in [6, 6.07) is 4.24. The van der Waals surface area contributed by atoms with E-state index in [-0.39, 0.29) is 17.2 Å². The summed E-state index contributed by atoms with van der Waals surface area (Å²) in [4.78, 5) is 21.4. The highest BCUT2D eigenvalue weighted by Gasteiger charge is 2.26. The number of hydrogen-bond acceptors (Lipinski definition) is 4. The first kappa shape index (κ1) is 14.5. The van der Waals surface area contributed by atoms with E-state index in [2.05, 4.69) is 0 Å². The summed E-state index contributed by atoms with van der Waals surface area (Å²) >= 11 is 0. The van der Waals surface area contributed by atoms with Crippen LogP contribution in [-0.4, -0.2) is 21.1 Å². The Kier molecular flexibility index (Phi) is 4.34. The van der Waals surface area contributed by atoms with Crippen molar-refractivity contribution in [1.29, 1.82) is 0 Å². The summed E-state index contributed by atoms with van der Waals surface area (Å²) < 4.78 is 0. The smallest absolute Gasteiger partial charge is 0.337 e. The van der Waals surface area contributed by atoms with Crippen molar-refractivity contribution >= 4 is 11.7 Å². The number of nitrogens with zero attached hydrogens (tertiary/aromatic N) is 1. The second kappa shape index (κ2) is 6.00. The van der Waals surface area contributed by atoms with Gasteiger partial charge >= 0.3 is 5.97 Å². The average molecular weight is 279 g/mol. The van der Waals surface area contributed by atoms with E-state index in [4.69, 9.17) is 5.11 Å². The Labute approximate surface area is 116 Å². The average Bonchev–Trinajstić information content (AvgIpc) is 2.46. The van der Waals surface area contributed by atoms with Gasteiger partial charge in [0, 0.05) is 11.6 Å². The van der Waals surface area contributed by atoms with E-state index in [1.54, 1.807) is 6.07 Å². The monoisotopic (exact) mass is 279 g/mol. The fourth-order valence-electron chi connectivity index (χ4n) is 2.79. The zero-order valence-corrected chi connectivity index (χ0v) is 11.0. The molecule has 6 heteroatoms. The molecule has 0 aliphatic heterocycles. The fourth-order valence-corrected chi connectivity index (χ4v) is 2.79. The van der Waals surface area contributed by atoms with E-state index in [1.807, 2.05) is 0 Å². The van der Waals surface area contributed by atoms with Gasteiger partial charge in [0.2, 0.25) is 0 Å². The second-order valence-corrected chi connectivity index (χ2v) is 5.15. The van der Waals surface area contributed by atoms with Gasteiger partial charge in [-0.1, -0.05) is 31.4 Å². The Morgan fingerprint density at radius 3 is 2.50 bits per heavy atom. The maximum absolute atomic E-state index is 11.2. The van der Waals surface area contributed by atoms with Gasteiger partial charge in [-0.15, -0.1) is 0 Å². The molecule has 1 aliphatic carbocycles. The summed E-state index contributed by atoms with van der Waals surface area (Å²) in [6.07, 6.45) is 3.38. The van der Waals surface area contributed by atoms with Crippen molar-refractivity contribution in [3.63, 3.8) is 0 Å². The van der Waals surface area contributed by atoms with Crippen LogP contribution in [-0.2, 0) is 4.79 Å². The van der Waals surface area contributed by atoms with Gasteiger partial charge in [-0.2, -0.15) is 0 Å². The van der Waals surface area contributed by atoms with Gasteiger partial charge in [0.15, 0.2) is 6.10 Å². The molecule has 2 N–H and O–H groups in total. The molecule has 20 heavy (non-hydrogen) atoms. The van der Waals surface area contributed by atoms with Crippen LogP contribution in [0.3, 0.4) is 0 Å². The molecule has 1 aliphatic rings. The third-order valence-electron chi connectivity index (χ3n) is 3.85. The number of aliphatic hydroxyl groups excluding tert-OH is 1. The highest BCUT2D eigenvalue weighted by Crippen LogP contribution is 2.38. The molecular formula is C14H17NO5. The Hall–Kier alpha value is -1.95. The van der Waals surface area contributed by atoms with Crippen LogP contribution < -0.4 is 0 Å². The van der Waals surface area contributed by atoms with Crippen molar-refractivity contribution < 1.29 is 19.9 Å². The molecule has 108 valence electrons. The van der Waals surface area contributed by atoms with Gasteiger partial charge < -0.3 is 10.2 Å². The Balaban J connectivity index is 2.37. The first-order valence-electron chi connectivity index (χ1n) is 6.70. The first-order chi connectivity index (χ1) is 9.50. The van der Waals surface area contributed by atoms with Gasteiger partial charge in [-0.3, -0.25) is 10.1 Å². The van der Waals surface area contributed by atoms with Crippen molar-refractivity contribution in [2.75, 3.05) is 0 Å². The Morgan fingerprint density at radius 2 is 1.95 bits per heavy atom. The van der Waals surface area contributed by atoms with Crippen LogP contribution in [0, 0.1) is 10.1 Å². The summed E-state index contributed by atoms with van der Waals surface area (Å²) in [5, 5.41) is 29.4. The summed E-state index contributed by atoms with van der Waals surface area (Å²) in [7, 11) is 0. The standard InChI is InChI=1S/C14H17NO5/c16-13(14(17)18)10-6-7-11(12(8-10)15(19)20)9-4-2-1-3-5-9/h6-9,13,16H,1-5H2,(H,17,18). The molecule has 0 amide bonds. The molecule has 0 spiro atoms. The van der Waals surface area contributed by atoms with Crippen LogP contribution in [0.5, 0.6) is 0 Å². The van der Waals surface area contributed by atoms with Crippen molar-refractivity contribution in [2.24, 2.45) is 0 Å². The van der Waals surface area contributed by atoms with Crippen molar-refractivity contribution in [2.45, 2.75) is 44.1 Å². The lowest BCUT2D eigenvalue weighted by atomic mass is 9.83. The van der Waals surface area contributed by atoms with E-state index in [9.17, 15) is 20.0 Å². The predicted octanol–water partition coefficient (Wildman–Crippen LogP) is 2.76. The number of carbonyl (C=O) groups is 1. The number of aliphatic carboxylic acids is 1. The van der Waals surface area contributed by atoms with Crippen LogP contribution in [0.2, 0.25) is 0 Å². The molecule has 0 aromatic heterocycles. The number of benzene rings is 1. The molecule has 1 atom stereocenters. The van der Waals surface area contributed by atoms with E-state index in [0.29, 0.717) is 5.56 Å². The maximum Gasteiger partial charge on any atom is 0.337 e. The molecule has 0 radical (unpaired) electrons. The number of nitro groups is 1. The van der Waals surface area contributed by atoms with Gasteiger partial charge in [0.25, 0.3) is 5.69 Å². The van der Waals surface area contributed by atoms with E-state index in [0.717, 1.165) is 32.1 Å². The van der Waals surface area contributed by atoms with Crippen molar-refractivity contribution in [1.82, 2.24) is 0 Å². The van der Waals surface area contributed by atoms with Gasteiger partial charge in [-0.25, -0.2) is 4.79 Å². The molecule has 1 unspecified atom stereocenters. The molecule has 1 fully saturated rings. The third-order valence-corrected chi connectivity index (χ3v) is 3.85. The number of hydrogen-bond donors (Lipinski definition) is 2. The van der Waals surface area contributed by atoms with E-state index in [1.165, 1.54) is 12.1 Å². The molecule has 2 rings (SSSR count). The molecule has 1 aromatic rings. The zero-order valence-electron chi connectivity index (χ0n) is 11.0. The molecule has 1 saturated carbocycles. The SMILES string of the molecule is O=C(O)C(O)c1ccc(C2CCCCC2)c([N+](=O)[O-])c1. The van der Waals surface area contributed by atoms with E-state index >= 15 is 0 Å². The highest BCUT2D eigenvalue weighted by molar-refractivity contribution is 5.74. The number of aliphatic hydroxyl groups is 1. The lowest BCUT2D eigenvalue weighted by Crippen LogP contribution is -2.12. The minimum atomic E-state index is -1.73. The molecule has 0 heterocycles. The van der Waals surface area contributed by atoms with Crippen LogP contribution in [0.15, 0.2) is 18.2 Å². The molecule has 0 bridgehead atoms. The number of rotatable bonds is 4. The fraction of sp³-hybridized carbons (Fsp3) is 0.500. The zero-order chi connectivity index (χ0) is 14.7. The minimum absolute atomic E-state index is 0.0451. The van der Waals surface area contributed by atoms with Crippen LogP contribution >= 0.6 is 0 Å². The predicted molar refractivity (Wildman–Crippen MR) is 71.5 cm³/mol. The highest BCUT2D eigenvalue weighted by atomic mass is 16.6. The Bertz CT molecular complexity index is 522. The van der Waals surface area contributed by atoms with Crippen LogP contribution in [0.4, 0.5) is 5.69 Å². The van der Waals surface area contributed by atoms with Crippen molar-refractivity contribution in [3.05, 3.63) is 39.4 Å². The van der Waals surface area contributed by atoms with Gasteiger partial charge in [0.1, 0.15) is 0 Å². The molecule has 0 saturated heterocycles. The molecule has 1 aromatic carbocycles. The van der Waals surface area contributed by atoms with Crippen molar-refractivity contribution in [3.8, 4) is 0 Å². The summed E-state index contributed by atoms with van der Waals surface area (Å²) in [6.45, 7) is 0. The third kappa shape index (κ3) is 2.96. The van der Waals surface area contributed by atoms with Gasteiger partial charge in [-0.05, 0) is 24.3 Å². The Morgan fingerprint density at radius 1 is 1.30 bits per heavy atom. The minimum Gasteiger partial charge on any atom is -0.479 e. The lowest BCUT2D eigenvalue weighted by Gasteiger charge is -2.22. The van der Waals surface area contributed by atoms with Gasteiger partial charge in [0.05, 0.1) is 4.92 Å². The topological polar surface area (TPSA) is 101 Å². The van der Waals surface area contributed by atoms with Crippen LogP contribution in [0.25, 0.3) is 0 Å². The summed E-state index contributed by atoms with van der Waals surface area (Å²) in [5.74, 6) is -1.26. The number of carboxylic acids is 1. The lowest BCUT2D eigenvalue weighted by molar-refractivity contribution is -0.385. The largest absolute Gasteiger partial charge is 0.479 e. The molecular weight excluding hydrogens is 262 g/mol. The normalized spacial score (nSPS) is 17.6. The summed E-state index contributed by atoms with van der Waals surface area (Å²) in [5.41, 5.74) is 0.606. The number of carboxylic acid groups (broad SMARTS) is 1. The molecule has 6 nitrogen and oxygen atoms in total. The van der Waals surface area contributed by atoms with Crippen LogP contribution in [0.1, 0.15) is 55.3 Å². The maximum atomic E-state index is 11.2. The number of nitro benzene ring substituents is 1. The van der Waals surface area contributed by atoms with E-state index < -0.39 is 17.0 Å². The second-order valence-electron chi connectivity index (χ2n) is 5.15. The quantitative estimate of drug-likeness (QED) is 0.652.